The lowest BCUT2D eigenvalue weighted by atomic mass is 9.71. The van der Waals surface area contributed by atoms with Crippen molar-refractivity contribution < 1.29 is 9.18 Å². The van der Waals surface area contributed by atoms with Gasteiger partial charge >= 0.3 is 0 Å². The Morgan fingerprint density at radius 1 is 1.00 bits per heavy atom. The monoisotopic (exact) mass is 451 g/mol. The van der Waals surface area contributed by atoms with Crippen molar-refractivity contribution in [3.8, 4) is 0 Å². The highest BCUT2D eigenvalue weighted by Crippen LogP contribution is 2.38. The average Bonchev–Trinajstić information content (AvgIpc) is 2.85. The molecule has 2 saturated heterocycles. The van der Waals surface area contributed by atoms with Gasteiger partial charge in [-0.1, -0.05) is 66.6 Å². The Hall–Kier alpha value is -2.08. The second-order valence-corrected chi connectivity index (χ2v) is 10.0. The highest BCUT2D eigenvalue weighted by Gasteiger charge is 2.40. The van der Waals surface area contributed by atoms with E-state index in [1.807, 2.05) is 23.1 Å². The molecule has 2 aliphatic heterocycles. The molecule has 2 heterocycles. The first kappa shape index (κ1) is 24.1. The molecular formula is C28H38FN3O. The van der Waals surface area contributed by atoms with Gasteiger partial charge in [0.25, 0.3) is 0 Å². The van der Waals surface area contributed by atoms with Gasteiger partial charge < -0.3 is 10.6 Å². The van der Waals surface area contributed by atoms with E-state index in [1.165, 1.54) is 43.5 Å². The zero-order chi connectivity index (χ0) is 23.3. The van der Waals surface area contributed by atoms with Crippen LogP contribution in [-0.2, 0) is 5.41 Å². The standard InChI is InChI=1S/C28H38FN3O/c1-22-9-8-12-24(19-22)28(21-31-15-6-3-7-16-31)13-17-32(18-14-28)26(29)20-25(30)27(33)23-10-4-2-5-11-23/h2,4-5,8-12,19,25-26H,3,6-7,13-18,20-21,30H2,1H3. The zero-order valence-electron chi connectivity index (χ0n) is 19.9. The van der Waals surface area contributed by atoms with Crippen LogP contribution in [0.5, 0.6) is 0 Å². The number of benzene rings is 2. The van der Waals surface area contributed by atoms with Crippen LogP contribution in [0.1, 0.15) is 60.0 Å². The fourth-order valence-electron chi connectivity index (χ4n) is 5.57. The van der Waals surface area contributed by atoms with Crippen molar-refractivity contribution in [2.45, 2.75) is 63.2 Å². The van der Waals surface area contributed by atoms with Crippen LogP contribution < -0.4 is 5.73 Å². The third-order valence-corrected chi connectivity index (χ3v) is 7.60. The third kappa shape index (κ3) is 5.89. The summed E-state index contributed by atoms with van der Waals surface area (Å²) in [6.07, 6.45) is 4.57. The number of nitrogens with two attached hydrogens (primary N) is 1. The van der Waals surface area contributed by atoms with Gasteiger partial charge in [0, 0.05) is 37.0 Å². The number of halogens is 1. The lowest BCUT2D eigenvalue weighted by molar-refractivity contribution is 0.0198. The molecule has 4 rings (SSSR count). The first-order chi connectivity index (χ1) is 16.0. The molecule has 178 valence electrons. The van der Waals surface area contributed by atoms with E-state index in [2.05, 4.69) is 36.1 Å². The van der Waals surface area contributed by atoms with Gasteiger partial charge in [-0.15, -0.1) is 0 Å². The summed E-state index contributed by atoms with van der Waals surface area (Å²) >= 11 is 0. The topological polar surface area (TPSA) is 49.6 Å². The lowest BCUT2D eigenvalue weighted by Crippen LogP contribution is -2.52. The largest absolute Gasteiger partial charge is 0.321 e. The average molecular weight is 452 g/mol. The van der Waals surface area contributed by atoms with E-state index in [9.17, 15) is 4.79 Å². The number of alkyl halides is 1. The molecule has 2 aromatic carbocycles. The molecule has 0 amide bonds. The maximum atomic E-state index is 15.3. The molecule has 0 aromatic heterocycles. The molecule has 0 bridgehead atoms. The summed E-state index contributed by atoms with van der Waals surface area (Å²) in [6.45, 7) is 6.91. The minimum Gasteiger partial charge on any atom is -0.321 e. The van der Waals surface area contributed by atoms with E-state index in [-0.39, 0.29) is 17.6 Å². The number of piperidine rings is 2. The smallest absolute Gasteiger partial charge is 0.179 e. The molecule has 4 nitrogen and oxygen atoms in total. The van der Waals surface area contributed by atoms with Crippen LogP contribution in [0.3, 0.4) is 0 Å². The van der Waals surface area contributed by atoms with Crippen LogP contribution in [0.4, 0.5) is 4.39 Å². The van der Waals surface area contributed by atoms with Crippen molar-refractivity contribution in [3.05, 3.63) is 71.3 Å². The first-order valence-corrected chi connectivity index (χ1v) is 12.5. The molecule has 2 aliphatic rings. The van der Waals surface area contributed by atoms with Gasteiger partial charge in [-0.2, -0.15) is 0 Å². The Labute approximate surface area is 198 Å². The number of hydrogen-bond donors (Lipinski definition) is 1. The molecule has 33 heavy (non-hydrogen) atoms. The Morgan fingerprint density at radius 3 is 2.36 bits per heavy atom. The van der Waals surface area contributed by atoms with Crippen molar-refractivity contribution in [3.63, 3.8) is 0 Å². The summed E-state index contributed by atoms with van der Waals surface area (Å²) in [6, 6.07) is 17.0. The van der Waals surface area contributed by atoms with Gasteiger partial charge in [0.2, 0.25) is 0 Å². The normalized spacial score (nSPS) is 21.4. The predicted octanol–water partition coefficient (Wildman–Crippen LogP) is 4.71. The van der Waals surface area contributed by atoms with E-state index in [1.54, 1.807) is 12.1 Å². The van der Waals surface area contributed by atoms with Crippen LogP contribution in [0.15, 0.2) is 54.6 Å². The summed E-state index contributed by atoms with van der Waals surface area (Å²) in [4.78, 5) is 17.1. The molecular weight excluding hydrogens is 413 g/mol. The van der Waals surface area contributed by atoms with Gasteiger partial charge in [0.1, 0.15) is 0 Å². The Balaban J connectivity index is 1.41. The van der Waals surface area contributed by atoms with Gasteiger partial charge in [0.15, 0.2) is 12.1 Å². The number of carbonyl (C=O) groups excluding carboxylic acids is 1. The third-order valence-electron chi connectivity index (χ3n) is 7.60. The van der Waals surface area contributed by atoms with E-state index in [0.717, 1.165) is 19.4 Å². The summed E-state index contributed by atoms with van der Waals surface area (Å²) in [5.41, 5.74) is 9.39. The van der Waals surface area contributed by atoms with Crippen molar-refractivity contribution in [2.75, 3.05) is 32.7 Å². The highest BCUT2D eigenvalue weighted by molar-refractivity contribution is 5.99. The first-order valence-electron chi connectivity index (χ1n) is 12.5. The molecule has 5 heteroatoms. The predicted molar refractivity (Wildman–Crippen MR) is 132 cm³/mol. The van der Waals surface area contributed by atoms with E-state index >= 15 is 4.39 Å². The number of aryl methyl sites for hydroxylation is 1. The number of Topliss-reactive ketones (excluding diaryl/α,β-unsaturated/α-hetero) is 1. The summed E-state index contributed by atoms with van der Waals surface area (Å²) in [7, 11) is 0. The molecule has 2 atom stereocenters. The van der Waals surface area contributed by atoms with Crippen molar-refractivity contribution in [1.82, 2.24) is 9.80 Å². The molecule has 0 aliphatic carbocycles. The van der Waals surface area contributed by atoms with Crippen LogP contribution in [0.25, 0.3) is 0 Å². The molecule has 2 N–H and O–H groups in total. The number of carbonyl (C=O) groups is 1. The van der Waals surface area contributed by atoms with Gasteiger partial charge in [0.05, 0.1) is 6.04 Å². The van der Waals surface area contributed by atoms with E-state index in [4.69, 9.17) is 5.73 Å². The number of likely N-dealkylation sites (tertiary alicyclic amines) is 2. The SMILES string of the molecule is Cc1cccc(C2(CN3CCCCC3)CCN(C(F)CC(N)C(=O)c3ccccc3)CC2)c1. The second-order valence-electron chi connectivity index (χ2n) is 10.0. The minimum absolute atomic E-state index is 0.0390. The Morgan fingerprint density at radius 2 is 1.70 bits per heavy atom. The molecule has 0 radical (unpaired) electrons. The quantitative estimate of drug-likeness (QED) is 0.466. The molecule has 2 unspecified atom stereocenters. The van der Waals surface area contributed by atoms with Crippen LogP contribution in [0.2, 0.25) is 0 Å². The maximum absolute atomic E-state index is 15.3. The lowest BCUT2D eigenvalue weighted by Gasteiger charge is -2.46. The Bertz CT molecular complexity index is 904. The Kier molecular flexibility index (Phi) is 7.94. The molecule has 2 aromatic rings. The molecule has 0 saturated carbocycles. The molecule has 2 fully saturated rings. The van der Waals surface area contributed by atoms with E-state index < -0.39 is 12.3 Å². The number of ketones is 1. The number of nitrogens with zero attached hydrogens (tertiary/aromatic N) is 2. The van der Waals surface area contributed by atoms with Gasteiger partial charge in [-0.05, 0) is 51.3 Å². The van der Waals surface area contributed by atoms with Crippen LogP contribution in [-0.4, -0.2) is 60.6 Å². The summed E-state index contributed by atoms with van der Waals surface area (Å²) in [5, 5.41) is 0. The molecule has 0 spiro atoms. The number of rotatable bonds is 8. The second kappa shape index (κ2) is 10.9. The van der Waals surface area contributed by atoms with Gasteiger partial charge in [-0.25, -0.2) is 4.39 Å². The van der Waals surface area contributed by atoms with Crippen molar-refractivity contribution in [2.24, 2.45) is 5.73 Å². The summed E-state index contributed by atoms with van der Waals surface area (Å²) in [5.74, 6) is -0.186. The maximum Gasteiger partial charge on any atom is 0.179 e. The van der Waals surface area contributed by atoms with Crippen molar-refractivity contribution in [1.29, 1.82) is 0 Å². The van der Waals surface area contributed by atoms with Crippen LogP contribution >= 0.6 is 0 Å². The summed E-state index contributed by atoms with van der Waals surface area (Å²) < 4.78 is 15.3. The van der Waals surface area contributed by atoms with Crippen LogP contribution in [0, 0.1) is 6.92 Å². The fraction of sp³-hybridized carbons (Fsp3) is 0.536. The highest BCUT2D eigenvalue weighted by atomic mass is 19.1. The van der Waals surface area contributed by atoms with E-state index in [0.29, 0.717) is 18.7 Å². The minimum atomic E-state index is -1.20. The zero-order valence-corrected chi connectivity index (χ0v) is 19.9. The number of hydrogen-bond acceptors (Lipinski definition) is 4. The van der Waals surface area contributed by atoms with Gasteiger partial charge in [-0.3, -0.25) is 9.69 Å². The van der Waals surface area contributed by atoms with Crippen molar-refractivity contribution >= 4 is 5.78 Å². The fourth-order valence-corrected chi connectivity index (χ4v) is 5.57.